The first-order valence-electron chi connectivity index (χ1n) is 9.28. The van der Waals surface area contributed by atoms with Gasteiger partial charge in [0.2, 0.25) is 10.0 Å². The third kappa shape index (κ3) is 5.04. The molecule has 0 spiro atoms. The third-order valence-electron chi connectivity index (χ3n) is 5.03. The van der Waals surface area contributed by atoms with E-state index in [1.165, 1.54) is 47.4 Å². The molecule has 0 heterocycles. The van der Waals surface area contributed by atoms with Gasteiger partial charge >= 0.3 is 0 Å². The Kier molecular flexibility index (Phi) is 6.11. The van der Waals surface area contributed by atoms with E-state index in [-0.39, 0.29) is 21.4 Å². The fraction of sp³-hybridized carbons (Fsp3) is 0.350. The van der Waals surface area contributed by atoms with E-state index >= 15 is 0 Å². The van der Waals surface area contributed by atoms with E-state index in [0.29, 0.717) is 5.69 Å². The Morgan fingerprint density at radius 2 is 1.59 bits per heavy atom. The van der Waals surface area contributed by atoms with Crippen LogP contribution < -0.4 is 9.62 Å². The summed E-state index contributed by atoms with van der Waals surface area (Å²) in [6.45, 7) is 0. The van der Waals surface area contributed by atoms with Gasteiger partial charge in [0, 0.05) is 30.6 Å². The lowest BCUT2D eigenvalue weighted by molar-refractivity contribution is 0.0993. The van der Waals surface area contributed by atoms with Crippen molar-refractivity contribution in [3.05, 3.63) is 54.1 Å². The molecule has 1 aliphatic carbocycles. The molecule has 1 aliphatic rings. The molecule has 1 saturated carbocycles. The first-order valence-corrected chi connectivity index (χ1v) is 12.7. The van der Waals surface area contributed by atoms with Crippen molar-refractivity contribution in [3.8, 4) is 0 Å². The van der Waals surface area contributed by atoms with Gasteiger partial charge in [0.15, 0.2) is 9.84 Å². The SMILES string of the molecule is CN(C(=O)c1cccc(S(=O)(=O)NC2CCCC2)c1)c1ccc(S(C)(=O)=O)cc1. The summed E-state index contributed by atoms with van der Waals surface area (Å²) < 4.78 is 51.2. The molecular formula is C20H24N2O5S2. The van der Waals surface area contributed by atoms with E-state index in [2.05, 4.69) is 4.72 Å². The highest BCUT2D eigenvalue weighted by Crippen LogP contribution is 2.22. The Morgan fingerprint density at radius 3 is 2.17 bits per heavy atom. The monoisotopic (exact) mass is 436 g/mol. The van der Waals surface area contributed by atoms with Gasteiger partial charge in [0.1, 0.15) is 0 Å². The molecule has 1 amide bonds. The maximum Gasteiger partial charge on any atom is 0.258 e. The summed E-state index contributed by atoms with van der Waals surface area (Å²) in [5.74, 6) is -0.393. The number of benzene rings is 2. The molecule has 2 aromatic rings. The average Bonchev–Trinajstić information content (AvgIpc) is 3.18. The second-order valence-corrected chi connectivity index (χ2v) is 11.0. The van der Waals surface area contributed by atoms with Crippen LogP contribution in [-0.4, -0.2) is 42.1 Å². The summed E-state index contributed by atoms with van der Waals surface area (Å²) in [5.41, 5.74) is 0.730. The van der Waals surface area contributed by atoms with Crippen molar-refractivity contribution in [2.75, 3.05) is 18.2 Å². The van der Waals surface area contributed by atoms with Gasteiger partial charge in [0.05, 0.1) is 9.79 Å². The van der Waals surface area contributed by atoms with Crippen LogP contribution in [0.15, 0.2) is 58.3 Å². The molecule has 0 atom stereocenters. The van der Waals surface area contributed by atoms with Gasteiger partial charge < -0.3 is 4.90 Å². The van der Waals surface area contributed by atoms with Crippen LogP contribution in [0, 0.1) is 0 Å². The standard InChI is InChI=1S/C20H24N2O5S2/c1-22(17-10-12-18(13-11-17)28(2,24)25)20(23)15-6-5-9-19(14-15)29(26,27)21-16-7-3-4-8-16/h5-6,9-14,16,21H,3-4,7-8H2,1-2H3. The van der Waals surface area contributed by atoms with E-state index in [0.717, 1.165) is 31.9 Å². The molecule has 3 rings (SSSR count). The number of sulfonamides is 1. The Morgan fingerprint density at radius 1 is 0.966 bits per heavy atom. The largest absolute Gasteiger partial charge is 0.311 e. The zero-order chi connectivity index (χ0) is 21.2. The van der Waals surface area contributed by atoms with Crippen molar-refractivity contribution in [3.63, 3.8) is 0 Å². The quantitative estimate of drug-likeness (QED) is 0.750. The van der Waals surface area contributed by atoms with Crippen LogP contribution in [0.3, 0.4) is 0 Å². The van der Waals surface area contributed by atoms with Crippen LogP contribution >= 0.6 is 0 Å². The summed E-state index contributed by atoms with van der Waals surface area (Å²) >= 11 is 0. The molecule has 29 heavy (non-hydrogen) atoms. The lowest BCUT2D eigenvalue weighted by Crippen LogP contribution is -2.33. The Hall–Kier alpha value is -2.23. The zero-order valence-corrected chi connectivity index (χ0v) is 18.0. The van der Waals surface area contributed by atoms with Gasteiger partial charge in [0.25, 0.3) is 5.91 Å². The van der Waals surface area contributed by atoms with Crippen LogP contribution in [-0.2, 0) is 19.9 Å². The Bertz CT molecular complexity index is 1100. The third-order valence-corrected chi connectivity index (χ3v) is 7.67. The molecule has 156 valence electrons. The van der Waals surface area contributed by atoms with Crippen LogP contribution in [0.25, 0.3) is 0 Å². The van der Waals surface area contributed by atoms with Crippen molar-refractivity contribution in [1.29, 1.82) is 0 Å². The molecule has 0 saturated heterocycles. The Labute approximate surface area is 171 Å². The van der Waals surface area contributed by atoms with Crippen molar-refractivity contribution < 1.29 is 21.6 Å². The topological polar surface area (TPSA) is 101 Å². The molecule has 9 heteroatoms. The first-order chi connectivity index (χ1) is 13.6. The maximum absolute atomic E-state index is 12.8. The van der Waals surface area contributed by atoms with Crippen molar-refractivity contribution in [2.24, 2.45) is 0 Å². The van der Waals surface area contributed by atoms with Crippen LogP contribution in [0.1, 0.15) is 36.0 Å². The number of carbonyl (C=O) groups is 1. The summed E-state index contributed by atoms with van der Waals surface area (Å²) in [6, 6.07) is 11.8. The minimum Gasteiger partial charge on any atom is -0.311 e. The van der Waals surface area contributed by atoms with Gasteiger partial charge in [-0.15, -0.1) is 0 Å². The fourth-order valence-corrected chi connectivity index (χ4v) is 5.34. The highest BCUT2D eigenvalue weighted by molar-refractivity contribution is 7.90. The predicted octanol–water partition coefficient (Wildman–Crippen LogP) is 2.59. The number of nitrogens with one attached hydrogen (secondary N) is 1. The molecular weight excluding hydrogens is 412 g/mol. The van der Waals surface area contributed by atoms with E-state index in [1.54, 1.807) is 13.1 Å². The highest BCUT2D eigenvalue weighted by Gasteiger charge is 2.24. The lowest BCUT2D eigenvalue weighted by Gasteiger charge is -2.18. The number of nitrogens with zero attached hydrogens (tertiary/aromatic N) is 1. The second kappa shape index (κ2) is 8.25. The van der Waals surface area contributed by atoms with Crippen molar-refractivity contribution in [1.82, 2.24) is 4.72 Å². The van der Waals surface area contributed by atoms with E-state index in [1.807, 2.05) is 0 Å². The number of sulfone groups is 1. The molecule has 1 N–H and O–H groups in total. The molecule has 7 nitrogen and oxygen atoms in total. The van der Waals surface area contributed by atoms with E-state index < -0.39 is 25.8 Å². The van der Waals surface area contributed by atoms with E-state index in [4.69, 9.17) is 0 Å². The minimum absolute atomic E-state index is 0.0519. The highest BCUT2D eigenvalue weighted by atomic mass is 32.2. The van der Waals surface area contributed by atoms with Gasteiger partial charge in [-0.1, -0.05) is 18.9 Å². The number of carbonyl (C=O) groups excluding carboxylic acids is 1. The number of amides is 1. The fourth-order valence-electron chi connectivity index (χ4n) is 3.36. The number of rotatable bonds is 6. The van der Waals surface area contributed by atoms with Crippen molar-refractivity contribution in [2.45, 2.75) is 41.5 Å². The summed E-state index contributed by atoms with van der Waals surface area (Å²) in [5, 5.41) is 0. The molecule has 0 radical (unpaired) electrons. The summed E-state index contributed by atoms with van der Waals surface area (Å²) in [6.07, 6.45) is 4.78. The lowest BCUT2D eigenvalue weighted by atomic mass is 10.2. The van der Waals surface area contributed by atoms with Crippen LogP contribution in [0.5, 0.6) is 0 Å². The predicted molar refractivity (Wildman–Crippen MR) is 111 cm³/mol. The number of anilines is 1. The van der Waals surface area contributed by atoms with Crippen LogP contribution in [0.2, 0.25) is 0 Å². The molecule has 1 fully saturated rings. The number of hydrogen-bond donors (Lipinski definition) is 1. The number of hydrogen-bond acceptors (Lipinski definition) is 5. The Balaban J connectivity index is 1.81. The minimum atomic E-state index is -3.70. The van der Waals surface area contributed by atoms with Gasteiger partial charge in [-0.3, -0.25) is 4.79 Å². The molecule has 0 aliphatic heterocycles. The van der Waals surface area contributed by atoms with Gasteiger partial charge in [-0.2, -0.15) is 0 Å². The average molecular weight is 437 g/mol. The smallest absolute Gasteiger partial charge is 0.258 e. The molecule has 2 aromatic carbocycles. The zero-order valence-electron chi connectivity index (χ0n) is 16.3. The normalized spacial score (nSPS) is 15.4. The first kappa shape index (κ1) is 21.5. The summed E-state index contributed by atoms with van der Waals surface area (Å²) in [7, 11) is -5.48. The van der Waals surface area contributed by atoms with Crippen molar-refractivity contribution >= 4 is 31.5 Å². The van der Waals surface area contributed by atoms with Gasteiger partial charge in [-0.05, 0) is 55.3 Å². The summed E-state index contributed by atoms with van der Waals surface area (Å²) in [4.78, 5) is 14.4. The second-order valence-electron chi connectivity index (χ2n) is 7.26. The molecule has 0 unspecified atom stereocenters. The van der Waals surface area contributed by atoms with Crippen LogP contribution in [0.4, 0.5) is 5.69 Å². The maximum atomic E-state index is 12.8. The molecule has 0 aromatic heterocycles. The molecule has 0 bridgehead atoms. The van der Waals surface area contributed by atoms with Gasteiger partial charge in [-0.25, -0.2) is 21.6 Å². The van der Waals surface area contributed by atoms with E-state index in [9.17, 15) is 21.6 Å².